The fourth-order valence-electron chi connectivity index (χ4n) is 1.24. The highest BCUT2D eigenvalue weighted by atomic mass is 127. The largest absolute Gasteiger partial charge is 0.424 e. The number of hydrogen-bond donors (Lipinski definition) is 1. The second-order valence-corrected chi connectivity index (χ2v) is 4.92. The van der Waals surface area contributed by atoms with Crippen LogP contribution in [-0.2, 0) is 6.54 Å². The van der Waals surface area contributed by atoms with Gasteiger partial charge in [-0.2, -0.15) is 0 Å². The fourth-order valence-corrected chi connectivity index (χ4v) is 1.68. The van der Waals surface area contributed by atoms with Crippen molar-refractivity contribution in [3.05, 3.63) is 44.7 Å². The molecule has 0 amide bonds. The maximum absolute atomic E-state index is 5.90. The van der Waals surface area contributed by atoms with E-state index in [0.29, 0.717) is 17.3 Å². The van der Waals surface area contributed by atoms with Gasteiger partial charge in [0.25, 0.3) is 0 Å². The lowest BCUT2D eigenvalue weighted by molar-refractivity contribution is 0.436. The number of nitrogens with zero attached hydrogens (tertiary/aromatic N) is 2. The Balaban J connectivity index is 2.28. The Bertz CT molecular complexity index is 519. The van der Waals surface area contributed by atoms with E-state index < -0.39 is 0 Å². The maximum atomic E-state index is 5.90. The first-order valence-electron chi connectivity index (χ1n) is 4.83. The van der Waals surface area contributed by atoms with Crippen molar-refractivity contribution in [3.63, 3.8) is 0 Å². The Labute approximate surface area is 117 Å². The summed E-state index contributed by atoms with van der Waals surface area (Å²) < 4.78 is 6.49. The lowest BCUT2D eigenvalue weighted by Crippen LogP contribution is -2.00. The summed E-state index contributed by atoms with van der Waals surface area (Å²) in [4.78, 5) is 8.11. The first-order valence-corrected chi connectivity index (χ1v) is 6.28. The SMILES string of the molecule is NCc1ccc(Cl)cc1Oc1ncc(I)cn1. The summed E-state index contributed by atoms with van der Waals surface area (Å²) >= 11 is 8.03. The molecule has 6 heteroatoms. The summed E-state index contributed by atoms with van der Waals surface area (Å²) in [7, 11) is 0. The van der Waals surface area contributed by atoms with E-state index in [4.69, 9.17) is 22.1 Å². The Kier molecular flexibility index (Phi) is 4.14. The van der Waals surface area contributed by atoms with Crippen LogP contribution in [0.4, 0.5) is 0 Å². The van der Waals surface area contributed by atoms with Crippen LogP contribution in [0.3, 0.4) is 0 Å². The number of ether oxygens (including phenoxy) is 1. The highest BCUT2D eigenvalue weighted by molar-refractivity contribution is 14.1. The van der Waals surface area contributed by atoms with Crippen LogP contribution in [0.1, 0.15) is 5.56 Å². The van der Waals surface area contributed by atoms with E-state index in [-0.39, 0.29) is 6.01 Å². The number of aromatic nitrogens is 2. The van der Waals surface area contributed by atoms with E-state index in [2.05, 4.69) is 32.6 Å². The standard InChI is InChI=1S/C11H9ClIN3O/c12-8-2-1-7(4-14)10(3-8)17-11-15-5-9(13)6-16-11/h1-3,5-6H,4,14H2. The molecule has 2 N–H and O–H groups in total. The molecule has 0 aliphatic carbocycles. The third-order valence-corrected chi connectivity index (χ3v) is 2.84. The zero-order chi connectivity index (χ0) is 12.3. The number of hydrogen-bond acceptors (Lipinski definition) is 4. The number of rotatable bonds is 3. The summed E-state index contributed by atoms with van der Waals surface area (Å²) in [5, 5.41) is 0.586. The van der Waals surface area contributed by atoms with E-state index in [1.165, 1.54) is 0 Å². The normalized spacial score (nSPS) is 10.3. The van der Waals surface area contributed by atoms with E-state index in [0.717, 1.165) is 9.13 Å². The molecule has 0 unspecified atom stereocenters. The van der Waals surface area contributed by atoms with Gasteiger partial charge in [-0.3, -0.25) is 0 Å². The summed E-state index contributed by atoms with van der Waals surface area (Å²) in [5.41, 5.74) is 6.47. The van der Waals surface area contributed by atoms with Gasteiger partial charge in [-0.05, 0) is 34.7 Å². The van der Waals surface area contributed by atoms with E-state index in [1.54, 1.807) is 24.5 Å². The van der Waals surface area contributed by atoms with Crippen molar-refractivity contribution in [3.8, 4) is 11.8 Å². The number of halogens is 2. The van der Waals surface area contributed by atoms with Crippen LogP contribution in [-0.4, -0.2) is 9.97 Å². The monoisotopic (exact) mass is 361 g/mol. The molecule has 2 aromatic rings. The van der Waals surface area contributed by atoms with Gasteiger partial charge in [0.2, 0.25) is 0 Å². The number of nitrogens with two attached hydrogens (primary N) is 1. The zero-order valence-electron chi connectivity index (χ0n) is 8.73. The summed E-state index contributed by atoms with van der Waals surface area (Å²) in [6.07, 6.45) is 3.35. The third-order valence-electron chi connectivity index (χ3n) is 2.05. The van der Waals surface area contributed by atoms with Crippen LogP contribution in [0, 0.1) is 3.57 Å². The van der Waals surface area contributed by atoms with Gasteiger partial charge in [0.05, 0.1) is 0 Å². The van der Waals surface area contributed by atoms with Crippen LogP contribution in [0.15, 0.2) is 30.6 Å². The van der Waals surface area contributed by atoms with Crippen molar-refractivity contribution >= 4 is 34.2 Å². The van der Waals surface area contributed by atoms with Gasteiger partial charge in [-0.1, -0.05) is 17.7 Å². The molecule has 2 rings (SSSR count). The first kappa shape index (κ1) is 12.5. The van der Waals surface area contributed by atoms with Crippen LogP contribution < -0.4 is 10.5 Å². The molecule has 0 fully saturated rings. The average Bonchev–Trinajstić information content (AvgIpc) is 2.32. The van der Waals surface area contributed by atoms with Crippen molar-refractivity contribution in [2.45, 2.75) is 6.54 Å². The van der Waals surface area contributed by atoms with Gasteiger partial charge in [-0.15, -0.1) is 0 Å². The second-order valence-electron chi connectivity index (χ2n) is 3.24. The second kappa shape index (κ2) is 5.61. The molecule has 0 spiro atoms. The maximum Gasteiger partial charge on any atom is 0.321 e. The van der Waals surface area contributed by atoms with Crippen LogP contribution in [0.2, 0.25) is 5.02 Å². The lowest BCUT2D eigenvalue weighted by Gasteiger charge is -2.08. The molecule has 0 saturated heterocycles. The molecular weight excluding hydrogens is 352 g/mol. The Morgan fingerprint density at radius 2 is 2.00 bits per heavy atom. The minimum atomic E-state index is 0.280. The Morgan fingerprint density at radius 3 is 2.65 bits per heavy atom. The average molecular weight is 362 g/mol. The van der Waals surface area contributed by atoms with Crippen molar-refractivity contribution in [1.29, 1.82) is 0 Å². The molecule has 1 aromatic heterocycles. The molecule has 17 heavy (non-hydrogen) atoms. The number of benzene rings is 1. The minimum Gasteiger partial charge on any atom is -0.424 e. The lowest BCUT2D eigenvalue weighted by atomic mass is 10.2. The zero-order valence-corrected chi connectivity index (χ0v) is 11.6. The van der Waals surface area contributed by atoms with Gasteiger partial charge in [0, 0.05) is 33.1 Å². The third kappa shape index (κ3) is 3.27. The van der Waals surface area contributed by atoms with Crippen molar-refractivity contribution in [2.24, 2.45) is 5.73 Å². The molecule has 0 radical (unpaired) electrons. The van der Waals surface area contributed by atoms with Crippen molar-refractivity contribution in [2.75, 3.05) is 0 Å². The molecule has 4 nitrogen and oxygen atoms in total. The first-order chi connectivity index (χ1) is 8.19. The molecular formula is C11H9ClIN3O. The van der Waals surface area contributed by atoms with Crippen LogP contribution in [0.25, 0.3) is 0 Å². The molecule has 1 aromatic carbocycles. The molecule has 88 valence electrons. The van der Waals surface area contributed by atoms with Crippen LogP contribution >= 0.6 is 34.2 Å². The highest BCUT2D eigenvalue weighted by Gasteiger charge is 2.06. The quantitative estimate of drug-likeness (QED) is 0.854. The van der Waals surface area contributed by atoms with Gasteiger partial charge in [-0.25, -0.2) is 9.97 Å². The Hall–Kier alpha value is -0.920. The van der Waals surface area contributed by atoms with Gasteiger partial charge in [0.15, 0.2) is 0 Å². The van der Waals surface area contributed by atoms with Crippen molar-refractivity contribution in [1.82, 2.24) is 9.97 Å². The van der Waals surface area contributed by atoms with Gasteiger partial charge in [0.1, 0.15) is 5.75 Å². The molecule has 0 saturated carbocycles. The van der Waals surface area contributed by atoms with Gasteiger partial charge >= 0.3 is 6.01 Å². The molecule has 0 aliphatic heterocycles. The Morgan fingerprint density at radius 1 is 1.29 bits per heavy atom. The topological polar surface area (TPSA) is 61.0 Å². The summed E-state index contributed by atoms with van der Waals surface area (Å²) in [6, 6.07) is 5.57. The molecule has 0 atom stereocenters. The van der Waals surface area contributed by atoms with Crippen LogP contribution in [0.5, 0.6) is 11.8 Å². The predicted octanol–water partition coefficient (Wildman–Crippen LogP) is 2.99. The van der Waals surface area contributed by atoms with E-state index >= 15 is 0 Å². The predicted molar refractivity (Wildman–Crippen MR) is 74.2 cm³/mol. The summed E-state index contributed by atoms with van der Waals surface area (Å²) in [6.45, 7) is 0.372. The smallest absolute Gasteiger partial charge is 0.321 e. The molecule has 1 heterocycles. The van der Waals surface area contributed by atoms with Gasteiger partial charge < -0.3 is 10.5 Å². The molecule has 0 bridgehead atoms. The van der Waals surface area contributed by atoms with Crippen molar-refractivity contribution < 1.29 is 4.74 Å². The van der Waals surface area contributed by atoms with E-state index in [9.17, 15) is 0 Å². The fraction of sp³-hybridized carbons (Fsp3) is 0.0909. The van der Waals surface area contributed by atoms with E-state index in [1.807, 2.05) is 6.07 Å². The minimum absolute atomic E-state index is 0.280. The molecule has 0 aliphatic rings. The summed E-state index contributed by atoms with van der Waals surface area (Å²) in [5.74, 6) is 0.584. The highest BCUT2D eigenvalue weighted by Crippen LogP contribution is 2.26.